The second-order valence-corrected chi connectivity index (χ2v) is 7.38. The molecule has 1 heterocycles. The van der Waals surface area contributed by atoms with Crippen LogP contribution in [-0.2, 0) is 9.59 Å². The Morgan fingerprint density at radius 3 is 2.19 bits per heavy atom. The van der Waals surface area contributed by atoms with Crippen molar-refractivity contribution >= 4 is 29.0 Å². The lowest BCUT2D eigenvalue weighted by Gasteiger charge is -2.17. The summed E-state index contributed by atoms with van der Waals surface area (Å²) in [4.78, 5) is 47.0. The molecular weight excluding hydrogens is 482 g/mol. The molecule has 0 aliphatic rings. The zero-order chi connectivity index (χ0) is 26.6. The normalized spacial score (nSPS) is 11.5. The molecule has 3 aromatic rings. The van der Waals surface area contributed by atoms with Crippen LogP contribution in [0.15, 0.2) is 39.5 Å². The molecule has 3 rings (SSSR count). The lowest BCUT2D eigenvalue weighted by atomic mass is 10.1. The minimum Gasteiger partial charge on any atom is -0.508 e. The minimum absolute atomic E-state index is 0.00436. The Balaban J connectivity index is 1.97. The van der Waals surface area contributed by atoms with Gasteiger partial charge < -0.3 is 44.4 Å². The van der Waals surface area contributed by atoms with Crippen molar-refractivity contribution < 1.29 is 53.4 Å². The number of carboxylic acids is 2. The van der Waals surface area contributed by atoms with Crippen molar-refractivity contribution in [2.24, 2.45) is 0 Å². The van der Waals surface area contributed by atoms with Crippen LogP contribution >= 0.6 is 0 Å². The molecule has 0 fully saturated rings. The highest BCUT2D eigenvalue weighted by molar-refractivity contribution is 5.86. The molecule has 0 saturated carbocycles. The van der Waals surface area contributed by atoms with Crippen molar-refractivity contribution in [2.75, 3.05) is 14.2 Å². The number of phenolic OH excluding ortho intramolecular Hbond substituents is 2. The van der Waals surface area contributed by atoms with Crippen LogP contribution in [0.2, 0.25) is 0 Å². The maximum absolute atomic E-state index is 12.6. The van der Waals surface area contributed by atoms with E-state index >= 15 is 0 Å². The second kappa shape index (κ2) is 10.5. The summed E-state index contributed by atoms with van der Waals surface area (Å²) in [6.07, 6.45) is -2.08. The zero-order valence-electron chi connectivity index (χ0n) is 18.9. The Kier molecular flexibility index (Phi) is 7.52. The number of aromatic hydroxyl groups is 2. The Morgan fingerprint density at radius 2 is 1.64 bits per heavy atom. The number of phenols is 2. The highest BCUT2D eigenvalue weighted by Gasteiger charge is 2.25. The van der Waals surface area contributed by atoms with Gasteiger partial charge in [0.1, 0.15) is 34.3 Å². The molecule has 0 aliphatic carbocycles. The van der Waals surface area contributed by atoms with Crippen molar-refractivity contribution in [2.45, 2.75) is 18.9 Å². The van der Waals surface area contributed by atoms with Gasteiger partial charge in [-0.1, -0.05) is 0 Å². The van der Waals surface area contributed by atoms with E-state index in [4.69, 9.17) is 23.7 Å². The fourth-order valence-electron chi connectivity index (χ4n) is 3.31. The Labute approximate surface area is 202 Å². The summed E-state index contributed by atoms with van der Waals surface area (Å²) in [5, 5.41) is 39.6. The Morgan fingerprint density at radius 1 is 1.00 bits per heavy atom. The minimum atomic E-state index is -1.52. The van der Waals surface area contributed by atoms with Crippen molar-refractivity contribution in [3.63, 3.8) is 0 Å². The van der Waals surface area contributed by atoms with Gasteiger partial charge in [-0.05, 0) is 18.6 Å². The number of hydrogen-bond donors (Lipinski definition) is 5. The van der Waals surface area contributed by atoms with Crippen LogP contribution in [0, 0.1) is 0 Å². The van der Waals surface area contributed by atoms with Crippen molar-refractivity contribution in [1.82, 2.24) is 5.32 Å². The SMILES string of the molecule is COc1cc(-c2cc(=O)c3c(O)cc(O)cc3o2)cc(OC)c1OC(=O)N[C@@H](CCC(=O)O)C(=O)O. The molecule has 0 unspecified atom stereocenters. The lowest BCUT2D eigenvalue weighted by Crippen LogP contribution is -2.42. The van der Waals surface area contributed by atoms with Gasteiger partial charge in [-0.25, -0.2) is 9.59 Å². The van der Waals surface area contributed by atoms with Gasteiger partial charge in [0.15, 0.2) is 16.9 Å². The number of carboxylic acid groups (broad SMARTS) is 2. The summed E-state index contributed by atoms with van der Waals surface area (Å²) in [5.74, 6) is -3.82. The number of methoxy groups -OCH3 is 2. The number of amides is 1. The maximum Gasteiger partial charge on any atom is 0.413 e. The molecular formula is C23H21NO12. The molecule has 190 valence electrons. The van der Waals surface area contributed by atoms with E-state index in [1.54, 1.807) is 0 Å². The van der Waals surface area contributed by atoms with E-state index in [9.17, 15) is 34.5 Å². The molecule has 1 amide bonds. The standard InChI is InChI=1S/C23H21NO12/c1-33-17-5-10(15-9-14(27)20-13(26)7-11(25)8-16(20)35-15)6-18(34-2)21(17)36-23(32)24-12(22(30)31)3-4-19(28)29/h5-9,12,25-26H,3-4H2,1-2H3,(H,24,32)(H,28,29)(H,30,31)/t12-/m0/s1. The van der Waals surface area contributed by atoms with Crippen LogP contribution in [0.1, 0.15) is 12.8 Å². The first kappa shape index (κ1) is 25.7. The summed E-state index contributed by atoms with van der Waals surface area (Å²) in [6, 6.07) is 4.41. The van der Waals surface area contributed by atoms with Gasteiger partial charge in [-0.2, -0.15) is 0 Å². The molecule has 2 aromatic carbocycles. The van der Waals surface area contributed by atoms with E-state index in [1.807, 2.05) is 0 Å². The fraction of sp³-hybridized carbons (Fsp3) is 0.217. The van der Waals surface area contributed by atoms with Crippen LogP contribution in [0.4, 0.5) is 4.79 Å². The van der Waals surface area contributed by atoms with E-state index < -0.39 is 41.7 Å². The van der Waals surface area contributed by atoms with Gasteiger partial charge in [0, 0.05) is 30.2 Å². The highest BCUT2D eigenvalue weighted by Crippen LogP contribution is 2.42. The number of fused-ring (bicyclic) bond motifs is 1. The number of benzene rings is 2. The molecule has 36 heavy (non-hydrogen) atoms. The molecule has 0 spiro atoms. The maximum atomic E-state index is 12.6. The average molecular weight is 503 g/mol. The van der Waals surface area contributed by atoms with Gasteiger partial charge in [0.2, 0.25) is 5.75 Å². The average Bonchev–Trinajstić information content (AvgIpc) is 2.80. The van der Waals surface area contributed by atoms with Crippen LogP contribution in [0.3, 0.4) is 0 Å². The third kappa shape index (κ3) is 5.58. The number of carbonyl (C=O) groups excluding carboxylic acids is 1. The van der Waals surface area contributed by atoms with Crippen LogP contribution < -0.4 is 25.0 Å². The van der Waals surface area contributed by atoms with E-state index in [0.717, 1.165) is 18.2 Å². The Hall–Kier alpha value is -4.94. The van der Waals surface area contributed by atoms with Crippen molar-refractivity contribution in [3.8, 4) is 40.1 Å². The third-order valence-electron chi connectivity index (χ3n) is 4.97. The molecule has 1 atom stereocenters. The van der Waals surface area contributed by atoms with Crippen molar-refractivity contribution in [1.29, 1.82) is 0 Å². The van der Waals surface area contributed by atoms with Crippen LogP contribution in [0.25, 0.3) is 22.3 Å². The summed E-state index contributed by atoms with van der Waals surface area (Å²) in [5.41, 5.74) is -0.445. The topological polar surface area (TPSA) is 202 Å². The molecule has 0 radical (unpaired) electrons. The fourth-order valence-corrected chi connectivity index (χ4v) is 3.31. The second-order valence-electron chi connectivity index (χ2n) is 7.38. The van der Waals surface area contributed by atoms with Gasteiger partial charge in [0.25, 0.3) is 0 Å². The summed E-state index contributed by atoms with van der Waals surface area (Å²) < 4.78 is 21.4. The van der Waals surface area contributed by atoms with E-state index in [1.165, 1.54) is 26.4 Å². The Bertz CT molecular complexity index is 1370. The number of ether oxygens (including phenoxy) is 3. The molecule has 0 saturated heterocycles. The first-order valence-electron chi connectivity index (χ1n) is 10.2. The third-order valence-corrected chi connectivity index (χ3v) is 4.97. The monoisotopic (exact) mass is 503 g/mol. The van der Waals surface area contributed by atoms with Gasteiger partial charge in [0.05, 0.1) is 14.2 Å². The predicted molar refractivity (Wildman–Crippen MR) is 122 cm³/mol. The van der Waals surface area contributed by atoms with E-state index in [-0.39, 0.29) is 51.7 Å². The lowest BCUT2D eigenvalue weighted by molar-refractivity contribution is -0.140. The molecule has 13 heteroatoms. The quantitative estimate of drug-likeness (QED) is 0.285. The highest BCUT2D eigenvalue weighted by atomic mass is 16.6. The summed E-state index contributed by atoms with van der Waals surface area (Å²) >= 11 is 0. The predicted octanol–water partition coefficient (Wildman–Crippen LogP) is 2.29. The van der Waals surface area contributed by atoms with E-state index in [2.05, 4.69) is 5.32 Å². The number of carbonyl (C=O) groups is 3. The number of rotatable bonds is 9. The largest absolute Gasteiger partial charge is 0.508 e. The number of nitrogens with one attached hydrogen (secondary N) is 1. The van der Waals surface area contributed by atoms with Crippen LogP contribution in [-0.4, -0.2) is 58.7 Å². The smallest absolute Gasteiger partial charge is 0.413 e. The number of hydrogen-bond acceptors (Lipinski definition) is 10. The molecule has 5 N–H and O–H groups in total. The first-order chi connectivity index (χ1) is 17.0. The zero-order valence-corrected chi connectivity index (χ0v) is 18.9. The molecule has 1 aromatic heterocycles. The van der Waals surface area contributed by atoms with E-state index in [0.29, 0.717) is 0 Å². The molecule has 13 nitrogen and oxygen atoms in total. The first-order valence-corrected chi connectivity index (χ1v) is 10.2. The molecule has 0 aliphatic heterocycles. The summed E-state index contributed by atoms with van der Waals surface area (Å²) in [7, 11) is 2.51. The van der Waals surface area contributed by atoms with Gasteiger partial charge in [-0.3, -0.25) is 9.59 Å². The van der Waals surface area contributed by atoms with Crippen molar-refractivity contribution in [3.05, 3.63) is 40.6 Å². The van der Waals surface area contributed by atoms with Gasteiger partial charge in [-0.15, -0.1) is 0 Å². The van der Waals surface area contributed by atoms with Crippen LogP contribution in [0.5, 0.6) is 28.7 Å². The number of aliphatic carboxylic acids is 2. The molecule has 0 bridgehead atoms. The van der Waals surface area contributed by atoms with Gasteiger partial charge >= 0.3 is 18.0 Å². The summed E-state index contributed by atoms with van der Waals surface area (Å²) in [6.45, 7) is 0.